The molecule has 1 aromatic carbocycles. The maximum Gasteiger partial charge on any atom is 0.197 e. The Hall–Kier alpha value is -2.35. The Morgan fingerprint density at radius 1 is 1.26 bits per heavy atom. The molecule has 2 aromatic rings. The van der Waals surface area contributed by atoms with Gasteiger partial charge in [0, 0.05) is 23.7 Å². The van der Waals surface area contributed by atoms with Crippen LogP contribution in [0, 0.1) is 6.92 Å². The molecule has 0 unspecified atom stereocenters. The summed E-state index contributed by atoms with van der Waals surface area (Å²) in [6, 6.07) is 7.20. The molecule has 7 nitrogen and oxygen atoms in total. The van der Waals surface area contributed by atoms with Crippen LogP contribution >= 0.6 is 0 Å². The van der Waals surface area contributed by atoms with E-state index in [-0.39, 0.29) is 18.3 Å². The van der Waals surface area contributed by atoms with Crippen molar-refractivity contribution < 1.29 is 24.1 Å². The molecule has 0 amide bonds. The van der Waals surface area contributed by atoms with Gasteiger partial charge in [-0.05, 0) is 37.1 Å². The maximum atomic E-state index is 12.5. The average Bonchev–Trinajstić information content (AvgIpc) is 2.70. The molecule has 2 aliphatic heterocycles. The summed E-state index contributed by atoms with van der Waals surface area (Å²) in [5, 5.41) is 8.96. The van der Waals surface area contributed by atoms with Crippen molar-refractivity contribution in [3.63, 3.8) is 0 Å². The summed E-state index contributed by atoms with van der Waals surface area (Å²) in [5.74, 6) is 1.17. The number of ether oxygens (including phenoxy) is 4. The lowest BCUT2D eigenvalue weighted by Gasteiger charge is -2.28. The van der Waals surface area contributed by atoms with E-state index in [0.29, 0.717) is 50.2 Å². The molecule has 0 saturated carbocycles. The molecule has 1 fully saturated rings. The molecule has 4 rings (SSSR count). The highest BCUT2D eigenvalue weighted by Gasteiger charge is 2.23. The minimum absolute atomic E-state index is 0.0550. The highest BCUT2D eigenvalue weighted by atomic mass is 16.6. The van der Waals surface area contributed by atoms with Gasteiger partial charge in [-0.25, -0.2) is 0 Å². The third-order valence-electron chi connectivity index (χ3n) is 4.99. The molecule has 0 bridgehead atoms. The van der Waals surface area contributed by atoms with E-state index < -0.39 is 0 Å². The summed E-state index contributed by atoms with van der Waals surface area (Å²) < 4.78 is 24.2. The zero-order valence-corrected chi connectivity index (χ0v) is 15.3. The smallest absolute Gasteiger partial charge is 0.197 e. The summed E-state index contributed by atoms with van der Waals surface area (Å²) in [5.41, 5.74) is 3.58. The zero-order chi connectivity index (χ0) is 18.8. The molecular formula is C20H23NO6. The van der Waals surface area contributed by atoms with Crippen LogP contribution in [0.3, 0.4) is 0 Å². The molecule has 27 heavy (non-hydrogen) atoms. The number of benzene rings is 1. The maximum absolute atomic E-state index is 12.5. The highest BCUT2D eigenvalue weighted by molar-refractivity contribution is 5.70. The first-order valence-corrected chi connectivity index (χ1v) is 9.11. The largest absolute Gasteiger partial charge is 0.476 e. The van der Waals surface area contributed by atoms with Gasteiger partial charge in [-0.1, -0.05) is 0 Å². The van der Waals surface area contributed by atoms with Gasteiger partial charge in [0.05, 0.1) is 25.5 Å². The van der Waals surface area contributed by atoms with Gasteiger partial charge in [0.15, 0.2) is 18.1 Å². The van der Waals surface area contributed by atoms with E-state index in [2.05, 4.69) is 4.57 Å². The monoisotopic (exact) mass is 373 g/mol. The molecule has 7 heteroatoms. The van der Waals surface area contributed by atoms with Gasteiger partial charge in [0.2, 0.25) is 0 Å². The van der Waals surface area contributed by atoms with Crippen LogP contribution in [0.5, 0.6) is 11.6 Å². The quantitative estimate of drug-likeness (QED) is 0.801. The molecule has 1 N–H and O–H groups in total. The van der Waals surface area contributed by atoms with Crippen molar-refractivity contribution in [1.82, 2.24) is 4.57 Å². The van der Waals surface area contributed by atoms with E-state index in [9.17, 15) is 4.79 Å². The molecule has 3 heterocycles. The van der Waals surface area contributed by atoms with Gasteiger partial charge in [-0.3, -0.25) is 4.79 Å². The number of aromatic nitrogens is 1. The van der Waals surface area contributed by atoms with Crippen molar-refractivity contribution in [1.29, 1.82) is 0 Å². The van der Waals surface area contributed by atoms with Crippen LogP contribution in [0.2, 0.25) is 0 Å². The topological polar surface area (TPSA) is 79.2 Å². The first kappa shape index (κ1) is 18.0. The second-order valence-corrected chi connectivity index (χ2v) is 6.69. The third-order valence-corrected chi connectivity index (χ3v) is 4.99. The van der Waals surface area contributed by atoms with E-state index in [4.69, 9.17) is 24.1 Å². The van der Waals surface area contributed by atoms with E-state index in [1.807, 2.05) is 19.1 Å². The summed E-state index contributed by atoms with van der Waals surface area (Å²) in [6.45, 7) is 4.18. The molecule has 2 aliphatic rings. The Balaban J connectivity index is 1.67. The second-order valence-electron chi connectivity index (χ2n) is 6.69. The van der Waals surface area contributed by atoms with E-state index in [1.165, 1.54) is 0 Å². The molecule has 1 aromatic heterocycles. The van der Waals surface area contributed by atoms with Crippen LogP contribution in [0.1, 0.15) is 11.1 Å². The standard InChI is InChI=1S/C20H23NO6/c1-13-18(23)9-19(26-11-16-10-24-6-7-25-16)21-5-4-14-8-15(27-12-22)2-3-17(14)20(13)21/h2-3,8-9,16,22H,4-7,10-12H2,1H3/t16-/m0/s1. The lowest BCUT2D eigenvalue weighted by Crippen LogP contribution is -2.34. The summed E-state index contributed by atoms with van der Waals surface area (Å²) in [4.78, 5) is 12.5. The molecular weight excluding hydrogens is 350 g/mol. The number of aliphatic hydroxyl groups is 1. The van der Waals surface area contributed by atoms with Crippen molar-refractivity contribution in [2.24, 2.45) is 0 Å². The highest BCUT2D eigenvalue weighted by Crippen LogP contribution is 2.35. The minimum atomic E-state index is -0.362. The first-order chi connectivity index (χ1) is 13.2. The van der Waals surface area contributed by atoms with Crippen LogP contribution in [0.15, 0.2) is 29.1 Å². The lowest BCUT2D eigenvalue weighted by atomic mass is 9.94. The van der Waals surface area contributed by atoms with Crippen LogP contribution in [0.4, 0.5) is 0 Å². The van der Waals surface area contributed by atoms with Crippen molar-refractivity contribution in [3.8, 4) is 22.9 Å². The Labute approximate surface area is 157 Å². The number of nitrogens with zero attached hydrogens (tertiary/aromatic N) is 1. The van der Waals surface area contributed by atoms with Gasteiger partial charge in [0.1, 0.15) is 18.5 Å². The number of hydrogen-bond donors (Lipinski definition) is 1. The van der Waals surface area contributed by atoms with Crippen LogP contribution in [-0.2, 0) is 22.4 Å². The first-order valence-electron chi connectivity index (χ1n) is 9.11. The Bertz CT molecular complexity index is 885. The fourth-order valence-electron chi connectivity index (χ4n) is 3.63. The summed E-state index contributed by atoms with van der Waals surface area (Å²) in [7, 11) is 0. The van der Waals surface area contributed by atoms with Gasteiger partial charge in [-0.2, -0.15) is 0 Å². The van der Waals surface area contributed by atoms with E-state index in [1.54, 1.807) is 12.1 Å². The normalized spacial score (nSPS) is 18.5. The SMILES string of the molecule is Cc1c2n(c(OC[C@@H]3COCCO3)cc1=O)CCc1cc(OCO)ccc1-2. The summed E-state index contributed by atoms with van der Waals surface area (Å²) in [6.07, 6.45) is 0.660. The Kier molecular flexibility index (Phi) is 5.15. The van der Waals surface area contributed by atoms with Crippen LogP contribution < -0.4 is 14.9 Å². The number of pyridine rings is 1. The van der Waals surface area contributed by atoms with Gasteiger partial charge >= 0.3 is 0 Å². The molecule has 1 atom stereocenters. The number of aliphatic hydroxyl groups excluding tert-OH is 1. The van der Waals surface area contributed by atoms with Crippen molar-refractivity contribution in [2.45, 2.75) is 26.0 Å². The molecule has 0 spiro atoms. The van der Waals surface area contributed by atoms with E-state index in [0.717, 1.165) is 23.2 Å². The van der Waals surface area contributed by atoms with Crippen molar-refractivity contribution in [2.75, 3.05) is 33.2 Å². The number of fused-ring (bicyclic) bond motifs is 3. The summed E-state index contributed by atoms with van der Waals surface area (Å²) >= 11 is 0. The average molecular weight is 373 g/mol. The van der Waals surface area contributed by atoms with Gasteiger partial charge < -0.3 is 28.6 Å². The second kappa shape index (κ2) is 7.72. The third kappa shape index (κ3) is 3.58. The predicted molar refractivity (Wildman–Crippen MR) is 98.3 cm³/mol. The van der Waals surface area contributed by atoms with Crippen LogP contribution in [-0.4, -0.2) is 49.0 Å². The zero-order valence-electron chi connectivity index (χ0n) is 15.3. The molecule has 0 radical (unpaired) electrons. The van der Waals surface area contributed by atoms with Crippen molar-refractivity contribution >= 4 is 0 Å². The van der Waals surface area contributed by atoms with Gasteiger partial charge in [-0.15, -0.1) is 0 Å². The minimum Gasteiger partial charge on any atom is -0.476 e. The van der Waals surface area contributed by atoms with Gasteiger partial charge in [0.25, 0.3) is 0 Å². The van der Waals surface area contributed by atoms with Crippen molar-refractivity contribution in [3.05, 3.63) is 45.6 Å². The number of hydrogen-bond acceptors (Lipinski definition) is 6. The molecule has 1 saturated heterocycles. The van der Waals surface area contributed by atoms with E-state index >= 15 is 0 Å². The fourth-order valence-corrected chi connectivity index (χ4v) is 3.63. The fraction of sp³-hybridized carbons (Fsp3) is 0.450. The number of aryl methyl sites for hydroxylation is 1. The molecule has 0 aliphatic carbocycles. The Morgan fingerprint density at radius 2 is 2.15 bits per heavy atom. The Morgan fingerprint density at radius 3 is 2.93 bits per heavy atom. The number of rotatable bonds is 5. The van der Waals surface area contributed by atoms with Crippen LogP contribution in [0.25, 0.3) is 11.3 Å². The predicted octanol–water partition coefficient (Wildman–Crippen LogP) is 1.50. The lowest BCUT2D eigenvalue weighted by molar-refractivity contribution is -0.102. The molecule has 144 valence electrons.